The van der Waals surface area contributed by atoms with Crippen LogP contribution in [0.1, 0.15) is 42.5 Å². The maximum atomic E-state index is 14.1. The van der Waals surface area contributed by atoms with Crippen molar-refractivity contribution in [1.29, 1.82) is 0 Å². The van der Waals surface area contributed by atoms with Crippen LogP contribution in [0.25, 0.3) is 11.1 Å². The van der Waals surface area contributed by atoms with E-state index in [9.17, 15) is 43.9 Å². The van der Waals surface area contributed by atoms with Crippen LogP contribution in [0, 0.1) is 12.7 Å². The predicted molar refractivity (Wildman–Crippen MR) is 158 cm³/mol. The standard InChI is InChI=1S/C31H31F7N4O3S/c1-18-11-22(32)5-6-24(18)25-15-27(41-8-9-42-23(17-41)7-10-46(42,44)45)39-16-26(25)40(4)28(43)29(2,3)19-12-20(30(33,34)35)14-21(13-19)31(36,37)38/h5-6,11-16,23H,7-10,17H2,1-4H3. The van der Waals surface area contributed by atoms with Crippen LogP contribution >= 0.6 is 0 Å². The number of benzene rings is 2. The Hall–Kier alpha value is -3.72. The normalized spacial score (nSPS) is 18.8. The van der Waals surface area contributed by atoms with Gasteiger partial charge in [0.05, 0.1) is 34.2 Å². The lowest BCUT2D eigenvalue weighted by Gasteiger charge is -2.37. The number of sulfonamides is 1. The molecule has 0 aliphatic carbocycles. The summed E-state index contributed by atoms with van der Waals surface area (Å²) in [6, 6.07) is 6.52. The molecule has 46 heavy (non-hydrogen) atoms. The molecule has 0 N–H and O–H groups in total. The molecule has 2 aliphatic heterocycles. The molecule has 2 aliphatic rings. The molecule has 1 atom stereocenters. The molecular formula is C31H31F7N4O3S. The van der Waals surface area contributed by atoms with Crippen molar-refractivity contribution in [2.75, 3.05) is 42.2 Å². The molecule has 2 fully saturated rings. The topological polar surface area (TPSA) is 73.8 Å². The van der Waals surface area contributed by atoms with Crippen LogP contribution in [0.4, 0.5) is 42.2 Å². The Kier molecular flexibility index (Phi) is 8.42. The van der Waals surface area contributed by atoms with E-state index >= 15 is 0 Å². The number of aryl methyl sites for hydroxylation is 1. The number of hydrogen-bond donors (Lipinski definition) is 0. The van der Waals surface area contributed by atoms with Gasteiger partial charge in [-0.1, -0.05) is 6.07 Å². The van der Waals surface area contributed by atoms with Crippen molar-refractivity contribution in [3.63, 3.8) is 0 Å². The van der Waals surface area contributed by atoms with Gasteiger partial charge in [0.15, 0.2) is 0 Å². The minimum absolute atomic E-state index is 0.00659. The molecule has 7 nitrogen and oxygen atoms in total. The van der Waals surface area contributed by atoms with Crippen LogP contribution in [0.3, 0.4) is 0 Å². The van der Waals surface area contributed by atoms with Gasteiger partial charge >= 0.3 is 12.4 Å². The fourth-order valence-electron chi connectivity index (χ4n) is 6.04. The summed E-state index contributed by atoms with van der Waals surface area (Å²) in [6.45, 7) is 5.08. The highest BCUT2D eigenvalue weighted by Gasteiger charge is 2.43. The number of fused-ring (bicyclic) bond motifs is 1. The molecule has 0 saturated carbocycles. The number of alkyl halides is 6. The zero-order chi connectivity index (χ0) is 34.0. The third-order valence-electron chi connectivity index (χ3n) is 8.68. The summed E-state index contributed by atoms with van der Waals surface area (Å²) < 4.78 is 122. The predicted octanol–water partition coefficient (Wildman–Crippen LogP) is 6.40. The largest absolute Gasteiger partial charge is 0.416 e. The quantitative estimate of drug-likeness (QED) is 0.294. The first-order valence-electron chi connectivity index (χ1n) is 14.3. The Morgan fingerprint density at radius 3 is 2.11 bits per heavy atom. The molecule has 15 heteroatoms. The van der Waals surface area contributed by atoms with E-state index in [0.717, 1.165) is 4.90 Å². The van der Waals surface area contributed by atoms with Crippen molar-refractivity contribution in [3.05, 3.63) is 76.7 Å². The summed E-state index contributed by atoms with van der Waals surface area (Å²) in [5.41, 5.74) is -3.82. The fourth-order valence-corrected chi connectivity index (χ4v) is 7.83. The van der Waals surface area contributed by atoms with Gasteiger partial charge in [0.2, 0.25) is 15.9 Å². The van der Waals surface area contributed by atoms with Crippen molar-refractivity contribution in [2.24, 2.45) is 0 Å². The summed E-state index contributed by atoms with van der Waals surface area (Å²) in [5, 5.41) is 0. The lowest BCUT2D eigenvalue weighted by atomic mass is 9.81. The third kappa shape index (κ3) is 6.31. The molecule has 5 rings (SSSR count). The molecule has 2 aromatic carbocycles. The van der Waals surface area contributed by atoms with Gasteiger partial charge in [-0.05, 0) is 80.3 Å². The number of aromatic nitrogens is 1. The zero-order valence-corrected chi connectivity index (χ0v) is 26.1. The van der Waals surface area contributed by atoms with Gasteiger partial charge in [0, 0.05) is 38.3 Å². The minimum Gasteiger partial charge on any atom is -0.354 e. The Bertz CT molecular complexity index is 1760. The summed E-state index contributed by atoms with van der Waals surface area (Å²) in [5.74, 6) is -0.817. The second kappa shape index (κ2) is 11.5. The number of amides is 1. The van der Waals surface area contributed by atoms with Gasteiger partial charge in [-0.15, -0.1) is 0 Å². The molecule has 0 radical (unpaired) electrons. The van der Waals surface area contributed by atoms with Crippen molar-refractivity contribution in [1.82, 2.24) is 9.29 Å². The summed E-state index contributed by atoms with van der Waals surface area (Å²) in [6.07, 6.45) is -8.37. The van der Waals surface area contributed by atoms with E-state index in [2.05, 4.69) is 4.98 Å². The van der Waals surface area contributed by atoms with Crippen LogP contribution < -0.4 is 9.80 Å². The van der Waals surface area contributed by atoms with Crippen molar-refractivity contribution < 1.29 is 43.9 Å². The molecule has 1 amide bonds. The summed E-state index contributed by atoms with van der Waals surface area (Å²) in [4.78, 5) is 21.5. The third-order valence-corrected chi connectivity index (χ3v) is 10.6. The first-order chi connectivity index (χ1) is 21.2. The van der Waals surface area contributed by atoms with E-state index in [-0.39, 0.29) is 30.1 Å². The molecule has 3 heterocycles. The van der Waals surface area contributed by atoms with Gasteiger partial charge in [0.25, 0.3) is 0 Å². The first kappa shape index (κ1) is 33.6. The van der Waals surface area contributed by atoms with E-state index in [1.54, 1.807) is 13.0 Å². The van der Waals surface area contributed by atoms with E-state index in [4.69, 9.17) is 0 Å². The molecule has 0 spiro atoms. The number of pyridine rings is 1. The van der Waals surface area contributed by atoms with E-state index in [1.165, 1.54) is 49.6 Å². The number of carbonyl (C=O) groups excluding carboxylic acids is 1. The van der Waals surface area contributed by atoms with Crippen LogP contribution in [-0.2, 0) is 32.6 Å². The van der Waals surface area contributed by atoms with Gasteiger partial charge < -0.3 is 9.80 Å². The monoisotopic (exact) mass is 672 g/mol. The average molecular weight is 673 g/mol. The van der Waals surface area contributed by atoms with Crippen molar-refractivity contribution in [3.8, 4) is 11.1 Å². The molecular weight excluding hydrogens is 641 g/mol. The highest BCUT2D eigenvalue weighted by Crippen LogP contribution is 2.41. The van der Waals surface area contributed by atoms with Crippen LogP contribution in [0.2, 0.25) is 0 Å². The summed E-state index contributed by atoms with van der Waals surface area (Å²) >= 11 is 0. The highest BCUT2D eigenvalue weighted by atomic mass is 32.2. The Morgan fingerprint density at radius 2 is 1.52 bits per heavy atom. The molecule has 1 aromatic heterocycles. The van der Waals surface area contributed by atoms with Crippen LogP contribution in [-0.4, -0.2) is 62.1 Å². The first-order valence-corrected chi connectivity index (χ1v) is 15.9. The minimum atomic E-state index is -5.10. The maximum Gasteiger partial charge on any atom is 0.416 e. The number of rotatable bonds is 5. The van der Waals surface area contributed by atoms with Crippen LogP contribution in [0.15, 0.2) is 48.7 Å². The fraction of sp³-hybridized carbons (Fsp3) is 0.419. The van der Waals surface area contributed by atoms with E-state index in [1.807, 2.05) is 4.90 Å². The molecule has 2 saturated heterocycles. The van der Waals surface area contributed by atoms with E-state index < -0.39 is 56.2 Å². The Morgan fingerprint density at radius 1 is 0.913 bits per heavy atom. The second-order valence-corrected chi connectivity index (χ2v) is 14.2. The highest BCUT2D eigenvalue weighted by molar-refractivity contribution is 7.89. The number of nitrogens with zero attached hydrogens (tertiary/aromatic N) is 4. The smallest absolute Gasteiger partial charge is 0.354 e. The SMILES string of the molecule is Cc1cc(F)ccc1-c1cc(N2CCN3C(CCS3(=O)=O)C2)ncc1N(C)C(=O)C(C)(C)c1cc(C(F)(F)F)cc(C(F)(F)F)c1. The molecule has 3 aromatic rings. The molecule has 0 bridgehead atoms. The van der Waals surface area contributed by atoms with E-state index in [0.29, 0.717) is 54.2 Å². The number of hydrogen-bond acceptors (Lipinski definition) is 5. The maximum absolute atomic E-state index is 14.1. The lowest BCUT2D eigenvalue weighted by molar-refractivity contribution is -0.143. The van der Waals surface area contributed by atoms with Crippen LogP contribution in [0.5, 0.6) is 0 Å². The van der Waals surface area contributed by atoms with Gasteiger partial charge in [-0.25, -0.2) is 17.8 Å². The number of likely N-dealkylation sites (N-methyl/N-ethyl adjacent to an activating group) is 1. The number of halogens is 7. The lowest BCUT2D eigenvalue weighted by Crippen LogP contribution is -2.51. The number of piperazine rings is 1. The second-order valence-electron chi connectivity index (χ2n) is 12.1. The van der Waals surface area contributed by atoms with Gasteiger partial charge in [-0.2, -0.15) is 30.6 Å². The molecule has 1 unspecified atom stereocenters. The Labute approximate surface area is 261 Å². The van der Waals surface area contributed by atoms with Gasteiger partial charge in [-0.3, -0.25) is 4.79 Å². The van der Waals surface area contributed by atoms with Crippen molar-refractivity contribution in [2.45, 2.75) is 51.0 Å². The zero-order valence-electron chi connectivity index (χ0n) is 25.3. The number of carbonyl (C=O) groups is 1. The molecule has 248 valence electrons. The number of anilines is 2. The Balaban J connectivity index is 1.56. The van der Waals surface area contributed by atoms with Gasteiger partial charge in [0.1, 0.15) is 11.6 Å². The average Bonchev–Trinajstić information content (AvgIpc) is 3.28. The van der Waals surface area contributed by atoms with Crippen molar-refractivity contribution >= 4 is 27.4 Å². The summed E-state index contributed by atoms with van der Waals surface area (Å²) in [7, 11) is -1.98.